The van der Waals surface area contributed by atoms with Crippen LogP contribution in [0.25, 0.3) is 10.4 Å². The molecule has 1 aromatic carbocycles. The Morgan fingerprint density at radius 3 is 2.41 bits per heavy atom. The maximum Gasteiger partial charge on any atom is 0.310 e. The third-order valence-corrected chi connectivity index (χ3v) is 4.54. The van der Waals surface area contributed by atoms with Gasteiger partial charge < -0.3 is 4.74 Å². The summed E-state index contributed by atoms with van der Waals surface area (Å²) in [6.07, 6.45) is -0.00249. The molecule has 0 atom stereocenters. The quantitative estimate of drug-likeness (QED) is 0.583. The van der Waals surface area contributed by atoms with E-state index >= 15 is 0 Å². The van der Waals surface area contributed by atoms with Crippen LogP contribution in [0.15, 0.2) is 30.3 Å². The molecule has 0 N–H and O–H groups in total. The Balaban J connectivity index is 2.37. The number of hydrogen-bond acceptors (Lipinski definition) is 4. The van der Waals surface area contributed by atoms with Crippen LogP contribution in [-0.2, 0) is 16.0 Å². The lowest BCUT2D eigenvalue weighted by atomic mass is 10.1. The van der Waals surface area contributed by atoms with E-state index in [1.165, 1.54) is 18.3 Å². The molecule has 22 heavy (non-hydrogen) atoms. The van der Waals surface area contributed by atoms with Crippen LogP contribution in [0, 0.1) is 0 Å². The Morgan fingerprint density at radius 1 is 1.23 bits per heavy atom. The second-order valence-corrected chi connectivity index (χ2v) is 6.73. The minimum absolute atomic E-state index is 0.0105. The molecule has 0 aliphatic carbocycles. The maximum absolute atomic E-state index is 11.9. The van der Waals surface area contributed by atoms with Crippen molar-refractivity contribution < 1.29 is 14.3 Å². The molecule has 0 spiro atoms. The molecular formula is C17H17ClO3S. The van der Waals surface area contributed by atoms with Gasteiger partial charge in [0.05, 0.1) is 17.4 Å². The van der Waals surface area contributed by atoms with Crippen LogP contribution in [0.1, 0.15) is 36.0 Å². The van der Waals surface area contributed by atoms with E-state index < -0.39 is 0 Å². The number of halogens is 1. The van der Waals surface area contributed by atoms with Gasteiger partial charge in [0.15, 0.2) is 5.78 Å². The minimum atomic E-state index is -0.293. The van der Waals surface area contributed by atoms with Gasteiger partial charge in [0.1, 0.15) is 0 Å². The highest BCUT2D eigenvalue weighted by Gasteiger charge is 2.17. The Labute approximate surface area is 138 Å². The topological polar surface area (TPSA) is 43.4 Å². The Hall–Kier alpha value is -1.65. The molecule has 3 nitrogen and oxygen atoms in total. The first-order valence-corrected chi connectivity index (χ1v) is 8.15. The van der Waals surface area contributed by atoms with Crippen LogP contribution >= 0.6 is 22.9 Å². The van der Waals surface area contributed by atoms with Crippen molar-refractivity contribution >= 4 is 34.7 Å². The fourth-order valence-electron chi connectivity index (χ4n) is 2.04. The number of carbonyl (C=O) groups is 2. The zero-order valence-corrected chi connectivity index (χ0v) is 14.3. The second-order valence-electron chi connectivity index (χ2n) is 5.24. The molecule has 5 heteroatoms. The largest absolute Gasteiger partial charge is 0.463 e. The van der Waals surface area contributed by atoms with Crippen LogP contribution in [0.4, 0.5) is 0 Å². The number of hydrogen-bond donors (Lipinski definition) is 0. The van der Waals surface area contributed by atoms with Gasteiger partial charge in [-0.1, -0.05) is 23.7 Å². The summed E-state index contributed by atoms with van der Waals surface area (Å²) >= 11 is 7.30. The number of benzene rings is 1. The summed E-state index contributed by atoms with van der Waals surface area (Å²) in [5.74, 6) is -0.304. The second kappa shape index (κ2) is 7.07. The van der Waals surface area contributed by atoms with E-state index in [2.05, 4.69) is 0 Å². The number of rotatable bonds is 5. The SMILES string of the molecule is CC(=O)c1cc(CC(=O)OC(C)C)c(-c2ccc(Cl)cc2)s1. The summed E-state index contributed by atoms with van der Waals surface area (Å²) in [5, 5.41) is 0.646. The Morgan fingerprint density at radius 2 is 1.86 bits per heavy atom. The fourth-order valence-corrected chi connectivity index (χ4v) is 3.25. The van der Waals surface area contributed by atoms with Crippen LogP contribution in [0.2, 0.25) is 5.02 Å². The van der Waals surface area contributed by atoms with Crippen LogP contribution in [0.5, 0.6) is 0 Å². The van der Waals surface area contributed by atoms with E-state index in [1.807, 2.05) is 26.0 Å². The zero-order chi connectivity index (χ0) is 16.3. The highest BCUT2D eigenvalue weighted by atomic mass is 35.5. The fraction of sp³-hybridized carbons (Fsp3) is 0.294. The van der Waals surface area contributed by atoms with Gasteiger partial charge >= 0.3 is 5.97 Å². The third-order valence-electron chi connectivity index (χ3n) is 2.96. The normalized spacial score (nSPS) is 10.8. The van der Waals surface area contributed by atoms with E-state index in [0.29, 0.717) is 9.90 Å². The molecule has 2 aromatic rings. The number of esters is 1. The molecule has 0 fully saturated rings. The summed E-state index contributed by atoms with van der Waals surface area (Å²) < 4.78 is 5.19. The van der Waals surface area contributed by atoms with Crippen molar-refractivity contribution in [3.8, 4) is 10.4 Å². The van der Waals surface area contributed by atoms with Crippen molar-refractivity contribution in [1.82, 2.24) is 0 Å². The Bertz CT molecular complexity index is 686. The van der Waals surface area contributed by atoms with Gasteiger partial charge in [-0.25, -0.2) is 0 Å². The van der Waals surface area contributed by atoms with Crippen LogP contribution in [0.3, 0.4) is 0 Å². The highest BCUT2D eigenvalue weighted by Crippen LogP contribution is 2.34. The van der Waals surface area contributed by atoms with E-state index in [9.17, 15) is 9.59 Å². The van der Waals surface area contributed by atoms with E-state index in [-0.39, 0.29) is 24.3 Å². The van der Waals surface area contributed by atoms with Gasteiger partial charge in [-0.2, -0.15) is 0 Å². The first-order chi connectivity index (χ1) is 10.4. The molecule has 1 aromatic heterocycles. The van der Waals surface area contributed by atoms with E-state index in [0.717, 1.165) is 16.0 Å². The molecule has 0 saturated carbocycles. The molecular weight excluding hydrogens is 320 g/mol. The van der Waals surface area contributed by atoms with Gasteiger partial charge in [0.2, 0.25) is 0 Å². The van der Waals surface area contributed by atoms with Gasteiger partial charge in [-0.05, 0) is 50.1 Å². The number of ketones is 1. The molecule has 0 amide bonds. The molecule has 0 unspecified atom stereocenters. The van der Waals surface area contributed by atoms with Gasteiger partial charge in [0, 0.05) is 9.90 Å². The van der Waals surface area contributed by atoms with E-state index in [4.69, 9.17) is 16.3 Å². The Kier molecular flexibility index (Phi) is 5.37. The predicted octanol–water partition coefficient (Wildman–Crippen LogP) is 4.77. The van der Waals surface area contributed by atoms with Crippen LogP contribution < -0.4 is 0 Å². The summed E-state index contributed by atoms with van der Waals surface area (Å²) in [7, 11) is 0. The monoisotopic (exact) mass is 336 g/mol. The molecule has 0 radical (unpaired) electrons. The lowest BCUT2D eigenvalue weighted by molar-refractivity contribution is -0.146. The summed E-state index contributed by atoms with van der Waals surface area (Å²) in [6.45, 7) is 5.15. The van der Waals surface area contributed by atoms with Crippen molar-refractivity contribution in [3.05, 3.63) is 45.8 Å². The van der Waals surface area contributed by atoms with Crippen molar-refractivity contribution in [2.75, 3.05) is 0 Å². The van der Waals surface area contributed by atoms with Crippen molar-refractivity contribution in [1.29, 1.82) is 0 Å². The van der Waals surface area contributed by atoms with Crippen molar-refractivity contribution in [2.45, 2.75) is 33.3 Å². The average Bonchev–Trinajstić information content (AvgIpc) is 2.82. The van der Waals surface area contributed by atoms with Crippen molar-refractivity contribution in [2.24, 2.45) is 0 Å². The third kappa shape index (κ3) is 4.18. The first kappa shape index (κ1) is 16.7. The maximum atomic E-state index is 11.9. The molecule has 0 bridgehead atoms. The molecule has 0 saturated heterocycles. The van der Waals surface area contributed by atoms with E-state index in [1.54, 1.807) is 18.2 Å². The smallest absolute Gasteiger partial charge is 0.310 e. The number of Topliss-reactive ketones (excluding diaryl/α,β-unsaturated/α-hetero) is 1. The lowest BCUT2D eigenvalue weighted by Gasteiger charge is -2.08. The zero-order valence-electron chi connectivity index (χ0n) is 12.7. The van der Waals surface area contributed by atoms with Gasteiger partial charge in [-0.15, -0.1) is 11.3 Å². The summed E-state index contributed by atoms with van der Waals surface area (Å²) in [6, 6.07) is 9.13. The standard InChI is InChI=1S/C17H17ClO3S/c1-10(2)21-16(20)9-13-8-15(11(3)19)22-17(13)12-4-6-14(18)7-5-12/h4-8,10H,9H2,1-3H3. The minimum Gasteiger partial charge on any atom is -0.463 e. The van der Waals surface area contributed by atoms with Gasteiger partial charge in [-0.3, -0.25) is 9.59 Å². The highest BCUT2D eigenvalue weighted by molar-refractivity contribution is 7.17. The molecule has 2 rings (SSSR count). The lowest BCUT2D eigenvalue weighted by Crippen LogP contribution is -2.13. The number of ether oxygens (including phenoxy) is 1. The van der Waals surface area contributed by atoms with Crippen molar-refractivity contribution in [3.63, 3.8) is 0 Å². The summed E-state index contributed by atoms with van der Waals surface area (Å²) in [4.78, 5) is 25.1. The number of carbonyl (C=O) groups excluding carboxylic acids is 2. The molecule has 1 heterocycles. The molecule has 116 valence electrons. The first-order valence-electron chi connectivity index (χ1n) is 6.96. The van der Waals surface area contributed by atoms with Crippen LogP contribution in [-0.4, -0.2) is 17.9 Å². The predicted molar refractivity (Wildman–Crippen MR) is 89.7 cm³/mol. The molecule has 0 aliphatic rings. The molecule has 0 aliphatic heterocycles. The average molecular weight is 337 g/mol. The summed E-state index contributed by atoms with van der Waals surface area (Å²) in [5.41, 5.74) is 1.75. The van der Waals surface area contributed by atoms with Gasteiger partial charge in [0.25, 0.3) is 0 Å². The number of thiophene rings is 1.